The predicted molar refractivity (Wildman–Crippen MR) is 127 cm³/mol. The molecule has 1 aliphatic rings. The monoisotopic (exact) mass is 479 g/mol. The molecule has 8 nitrogen and oxygen atoms in total. The molecule has 0 spiro atoms. The van der Waals surface area contributed by atoms with Gasteiger partial charge in [-0.3, -0.25) is 29.9 Å². The van der Waals surface area contributed by atoms with E-state index in [1.54, 1.807) is 36.4 Å². The van der Waals surface area contributed by atoms with Gasteiger partial charge in [-0.05, 0) is 66.8 Å². The van der Waals surface area contributed by atoms with Crippen LogP contribution in [0.25, 0.3) is 6.08 Å². The molecule has 0 unspecified atom stereocenters. The van der Waals surface area contributed by atoms with Gasteiger partial charge in [0.15, 0.2) is 5.11 Å². The Balaban J connectivity index is 1.65. The fourth-order valence-electron chi connectivity index (χ4n) is 3.13. The number of amides is 2. The van der Waals surface area contributed by atoms with Crippen molar-refractivity contribution in [1.29, 1.82) is 0 Å². The number of anilines is 1. The van der Waals surface area contributed by atoms with Crippen LogP contribution in [0.5, 0.6) is 11.5 Å². The number of rotatable bonds is 5. The van der Waals surface area contributed by atoms with Crippen molar-refractivity contribution in [3.63, 3.8) is 0 Å². The number of nitrogens with zero attached hydrogens (tertiary/aromatic N) is 2. The zero-order valence-corrected chi connectivity index (χ0v) is 18.3. The minimum absolute atomic E-state index is 0.0577. The van der Waals surface area contributed by atoms with Crippen molar-refractivity contribution in [3.05, 3.63) is 99.1 Å². The van der Waals surface area contributed by atoms with E-state index in [4.69, 9.17) is 28.6 Å². The number of benzene rings is 3. The molecule has 1 heterocycles. The number of nitro benzene ring substituents is 1. The van der Waals surface area contributed by atoms with E-state index in [-0.39, 0.29) is 27.0 Å². The first-order valence-corrected chi connectivity index (χ1v) is 10.3. The molecular formula is C23H14ClN3O5S. The van der Waals surface area contributed by atoms with Crippen molar-refractivity contribution >= 4 is 58.2 Å². The molecule has 33 heavy (non-hydrogen) atoms. The first-order chi connectivity index (χ1) is 15.8. The molecular weight excluding hydrogens is 466 g/mol. The van der Waals surface area contributed by atoms with Crippen LogP contribution in [0.4, 0.5) is 11.4 Å². The molecule has 0 aromatic heterocycles. The molecule has 0 saturated carbocycles. The van der Waals surface area contributed by atoms with Gasteiger partial charge in [0.1, 0.15) is 17.1 Å². The SMILES string of the molecule is O=C1NC(=S)N(c2ccc(Oc3ccccc3)cc2)C(=O)C1=Cc1ccc(Cl)cc1[N+](=O)[O-]. The molecule has 1 aliphatic heterocycles. The predicted octanol–water partition coefficient (Wildman–Crippen LogP) is 4.87. The lowest BCUT2D eigenvalue weighted by Crippen LogP contribution is -2.54. The maximum atomic E-state index is 13.2. The number of thiocarbonyl (C=S) groups is 1. The number of nitro groups is 1. The van der Waals surface area contributed by atoms with Crippen LogP contribution in [0.1, 0.15) is 5.56 Å². The molecule has 2 amide bonds. The molecule has 3 aromatic carbocycles. The van der Waals surface area contributed by atoms with Crippen LogP contribution in [-0.2, 0) is 9.59 Å². The summed E-state index contributed by atoms with van der Waals surface area (Å²) in [4.78, 5) is 37.5. The van der Waals surface area contributed by atoms with Gasteiger partial charge in [-0.15, -0.1) is 0 Å². The Hall–Kier alpha value is -4.08. The number of hydrogen-bond acceptors (Lipinski definition) is 6. The molecule has 1 N–H and O–H groups in total. The number of halogens is 1. The van der Waals surface area contributed by atoms with Gasteiger partial charge in [0, 0.05) is 11.1 Å². The van der Waals surface area contributed by atoms with Crippen molar-refractivity contribution in [3.8, 4) is 11.5 Å². The number of carbonyl (C=O) groups excluding carboxylic acids is 2. The Morgan fingerprint density at radius 3 is 2.33 bits per heavy atom. The van der Waals surface area contributed by atoms with Crippen LogP contribution in [0.2, 0.25) is 5.02 Å². The molecule has 3 aromatic rings. The van der Waals surface area contributed by atoms with Gasteiger partial charge < -0.3 is 4.74 Å². The normalized spacial score (nSPS) is 14.9. The largest absolute Gasteiger partial charge is 0.457 e. The highest BCUT2D eigenvalue weighted by Gasteiger charge is 2.35. The summed E-state index contributed by atoms with van der Waals surface area (Å²) in [5.74, 6) is -0.284. The second kappa shape index (κ2) is 9.19. The third-order valence-corrected chi connectivity index (χ3v) is 5.18. The number of nitrogens with one attached hydrogen (secondary N) is 1. The quantitative estimate of drug-likeness (QED) is 0.184. The van der Waals surface area contributed by atoms with E-state index >= 15 is 0 Å². The summed E-state index contributed by atoms with van der Waals surface area (Å²) >= 11 is 11.0. The zero-order chi connectivity index (χ0) is 23.5. The number of hydrogen-bond donors (Lipinski definition) is 1. The molecule has 1 fully saturated rings. The van der Waals surface area contributed by atoms with E-state index in [2.05, 4.69) is 5.32 Å². The Kier molecular flexibility index (Phi) is 6.16. The minimum atomic E-state index is -0.755. The number of carbonyl (C=O) groups is 2. The summed E-state index contributed by atoms with van der Waals surface area (Å²) in [6.45, 7) is 0. The number of ether oxygens (including phenoxy) is 1. The second-order valence-corrected chi connectivity index (χ2v) is 7.65. The van der Waals surface area contributed by atoms with Crippen LogP contribution in [-0.4, -0.2) is 21.9 Å². The zero-order valence-electron chi connectivity index (χ0n) is 16.7. The summed E-state index contributed by atoms with van der Waals surface area (Å²) in [7, 11) is 0. The number of para-hydroxylation sites is 1. The summed E-state index contributed by atoms with van der Waals surface area (Å²) < 4.78 is 5.74. The van der Waals surface area contributed by atoms with Crippen LogP contribution >= 0.6 is 23.8 Å². The molecule has 0 radical (unpaired) electrons. The first-order valence-electron chi connectivity index (χ1n) is 9.52. The highest BCUT2D eigenvalue weighted by atomic mass is 35.5. The molecule has 164 valence electrons. The van der Waals surface area contributed by atoms with Crippen molar-refractivity contribution in [2.45, 2.75) is 0 Å². The van der Waals surface area contributed by atoms with Gasteiger partial charge in [-0.1, -0.05) is 29.8 Å². The lowest BCUT2D eigenvalue weighted by atomic mass is 10.1. The van der Waals surface area contributed by atoms with Crippen molar-refractivity contribution in [1.82, 2.24) is 5.32 Å². The highest BCUT2D eigenvalue weighted by Crippen LogP contribution is 2.29. The van der Waals surface area contributed by atoms with E-state index in [1.807, 2.05) is 18.2 Å². The molecule has 4 rings (SSSR count). The van der Waals surface area contributed by atoms with Gasteiger partial charge >= 0.3 is 0 Å². The fraction of sp³-hybridized carbons (Fsp3) is 0. The summed E-state index contributed by atoms with van der Waals surface area (Å²) in [5, 5.41) is 13.9. The van der Waals surface area contributed by atoms with E-state index in [0.717, 1.165) is 17.0 Å². The van der Waals surface area contributed by atoms with E-state index in [0.29, 0.717) is 17.2 Å². The Morgan fingerprint density at radius 2 is 1.67 bits per heavy atom. The third kappa shape index (κ3) is 4.74. The average Bonchev–Trinajstić information content (AvgIpc) is 2.79. The molecule has 0 atom stereocenters. The summed E-state index contributed by atoms with van der Waals surface area (Å²) in [6, 6.07) is 19.6. The molecule has 1 saturated heterocycles. The van der Waals surface area contributed by atoms with Gasteiger partial charge in [0.05, 0.1) is 16.2 Å². The van der Waals surface area contributed by atoms with Crippen molar-refractivity contribution < 1.29 is 19.2 Å². The molecule has 10 heteroatoms. The van der Waals surface area contributed by atoms with Gasteiger partial charge in [-0.2, -0.15) is 0 Å². The smallest absolute Gasteiger partial charge is 0.278 e. The summed E-state index contributed by atoms with van der Waals surface area (Å²) in [5.41, 5.74) is -0.194. The van der Waals surface area contributed by atoms with E-state index in [1.165, 1.54) is 12.1 Å². The lowest BCUT2D eigenvalue weighted by molar-refractivity contribution is -0.385. The fourth-order valence-corrected chi connectivity index (χ4v) is 3.58. The van der Waals surface area contributed by atoms with Crippen molar-refractivity contribution in [2.75, 3.05) is 4.90 Å². The van der Waals surface area contributed by atoms with Gasteiger partial charge in [0.2, 0.25) is 0 Å². The minimum Gasteiger partial charge on any atom is -0.457 e. The Bertz CT molecular complexity index is 1310. The lowest BCUT2D eigenvalue weighted by Gasteiger charge is -2.29. The maximum Gasteiger partial charge on any atom is 0.278 e. The molecule has 0 bridgehead atoms. The topological polar surface area (TPSA) is 102 Å². The first kappa shape index (κ1) is 22.1. The maximum absolute atomic E-state index is 13.2. The average molecular weight is 480 g/mol. The Labute approximate surface area is 198 Å². The Morgan fingerprint density at radius 1 is 1.00 bits per heavy atom. The van der Waals surface area contributed by atoms with Crippen molar-refractivity contribution in [2.24, 2.45) is 0 Å². The van der Waals surface area contributed by atoms with Crippen LogP contribution in [0.15, 0.2) is 78.4 Å². The van der Waals surface area contributed by atoms with Gasteiger partial charge in [0.25, 0.3) is 17.5 Å². The third-order valence-electron chi connectivity index (χ3n) is 4.66. The van der Waals surface area contributed by atoms with Crippen LogP contribution in [0.3, 0.4) is 0 Å². The van der Waals surface area contributed by atoms with Crippen LogP contribution < -0.4 is 15.0 Å². The highest BCUT2D eigenvalue weighted by molar-refractivity contribution is 7.80. The molecule has 0 aliphatic carbocycles. The standard InChI is InChI=1S/C23H14ClN3O5S/c24-15-7-6-14(20(13-15)27(30)31)12-19-21(28)25-23(33)26(22(19)29)16-8-10-18(11-9-16)32-17-4-2-1-3-5-17/h1-13H,(H,25,28,33). The van der Waals surface area contributed by atoms with E-state index < -0.39 is 16.7 Å². The summed E-state index contributed by atoms with van der Waals surface area (Å²) in [6.07, 6.45) is 1.15. The van der Waals surface area contributed by atoms with E-state index in [9.17, 15) is 19.7 Å². The second-order valence-electron chi connectivity index (χ2n) is 6.83. The van der Waals surface area contributed by atoms with Crippen LogP contribution in [0, 0.1) is 10.1 Å². The van der Waals surface area contributed by atoms with Gasteiger partial charge in [-0.25, -0.2) is 0 Å².